The highest BCUT2D eigenvalue weighted by Crippen LogP contribution is 2.25. The summed E-state index contributed by atoms with van der Waals surface area (Å²) in [5.41, 5.74) is 5.13. The lowest BCUT2D eigenvalue weighted by Crippen LogP contribution is -2.02. The summed E-state index contributed by atoms with van der Waals surface area (Å²) in [6.07, 6.45) is 0.912. The zero-order valence-corrected chi connectivity index (χ0v) is 9.09. The van der Waals surface area contributed by atoms with Crippen LogP contribution in [0.5, 0.6) is 0 Å². The zero-order chi connectivity index (χ0) is 10.2. The van der Waals surface area contributed by atoms with Crippen LogP contribution in [0, 0.1) is 33.5 Å². The van der Waals surface area contributed by atoms with Gasteiger partial charge in [-0.3, -0.25) is 0 Å². The van der Waals surface area contributed by atoms with E-state index in [4.69, 9.17) is 0 Å². The summed E-state index contributed by atoms with van der Waals surface area (Å²) in [6, 6.07) is 0. The molecule has 0 N–H and O–H groups in total. The lowest BCUT2D eigenvalue weighted by molar-refractivity contribution is 0.603. The van der Waals surface area contributed by atoms with Gasteiger partial charge in [0.25, 0.3) is 0 Å². The molecule has 0 aliphatic heterocycles. The summed E-state index contributed by atoms with van der Waals surface area (Å²) in [6.45, 7) is 9.86. The van der Waals surface area contributed by atoms with Crippen LogP contribution in [0.2, 0.25) is 0 Å². The van der Waals surface area contributed by atoms with E-state index >= 15 is 0 Å². The quantitative estimate of drug-likeness (QED) is 0.619. The number of benzene rings is 1. The molecule has 1 aromatic carbocycles. The van der Waals surface area contributed by atoms with Crippen molar-refractivity contribution in [2.75, 3.05) is 0 Å². The fraction of sp³-hybridized carbons (Fsp3) is 0.500. The van der Waals surface area contributed by atoms with Gasteiger partial charge in [-0.1, -0.05) is 6.92 Å². The van der Waals surface area contributed by atoms with Crippen molar-refractivity contribution in [1.82, 2.24) is 0 Å². The summed E-state index contributed by atoms with van der Waals surface area (Å²) in [5, 5.41) is 0. The van der Waals surface area contributed by atoms with Crippen molar-refractivity contribution in [2.24, 2.45) is 0 Å². The van der Waals surface area contributed by atoms with Crippen LogP contribution in [0.25, 0.3) is 0 Å². The second-order valence-electron chi connectivity index (χ2n) is 3.65. The SMILES string of the molecule is CCc1c(C)c(C)c(C)c(F)c1C. The molecule has 0 aromatic heterocycles. The Hall–Kier alpha value is -0.850. The van der Waals surface area contributed by atoms with Crippen molar-refractivity contribution in [3.8, 4) is 0 Å². The average Bonchev–Trinajstić information content (AvgIpc) is 2.13. The Bertz CT molecular complexity index is 308. The molecule has 0 amide bonds. The normalized spacial score (nSPS) is 10.6. The van der Waals surface area contributed by atoms with Crippen LogP contribution in [0.4, 0.5) is 4.39 Å². The van der Waals surface area contributed by atoms with E-state index in [9.17, 15) is 4.39 Å². The highest BCUT2D eigenvalue weighted by Gasteiger charge is 2.12. The predicted octanol–water partition coefficient (Wildman–Crippen LogP) is 3.62. The third-order valence-electron chi connectivity index (χ3n) is 3.04. The standard InChI is InChI=1S/C12H17F/c1-6-11-8(3)7(2)9(4)12(13)10(11)5/h6H2,1-5H3. The van der Waals surface area contributed by atoms with Crippen LogP contribution in [0.3, 0.4) is 0 Å². The number of rotatable bonds is 1. The van der Waals surface area contributed by atoms with Gasteiger partial charge in [-0.2, -0.15) is 0 Å². The predicted molar refractivity (Wildman–Crippen MR) is 54.7 cm³/mol. The van der Waals surface area contributed by atoms with E-state index in [1.54, 1.807) is 0 Å². The smallest absolute Gasteiger partial charge is 0.129 e. The lowest BCUT2D eigenvalue weighted by Gasteiger charge is -2.14. The Morgan fingerprint density at radius 2 is 1.38 bits per heavy atom. The van der Waals surface area contributed by atoms with Crippen molar-refractivity contribution in [2.45, 2.75) is 41.0 Å². The van der Waals surface area contributed by atoms with Gasteiger partial charge < -0.3 is 0 Å². The molecule has 0 bridgehead atoms. The van der Waals surface area contributed by atoms with Crippen molar-refractivity contribution < 1.29 is 4.39 Å². The van der Waals surface area contributed by atoms with E-state index in [1.807, 2.05) is 20.8 Å². The second kappa shape index (κ2) is 3.49. The van der Waals surface area contributed by atoms with Crippen molar-refractivity contribution in [3.05, 3.63) is 33.6 Å². The molecule has 0 heterocycles. The number of halogens is 1. The summed E-state index contributed by atoms with van der Waals surface area (Å²) < 4.78 is 13.6. The van der Waals surface area contributed by atoms with Crippen LogP contribution < -0.4 is 0 Å². The van der Waals surface area contributed by atoms with Gasteiger partial charge in [0.05, 0.1) is 0 Å². The maximum atomic E-state index is 13.6. The maximum Gasteiger partial charge on any atom is 0.129 e. The molecule has 1 rings (SSSR count). The van der Waals surface area contributed by atoms with Crippen LogP contribution in [-0.2, 0) is 6.42 Å². The highest BCUT2D eigenvalue weighted by atomic mass is 19.1. The molecular weight excluding hydrogens is 163 g/mol. The molecule has 72 valence electrons. The molecule has 0 atom stereocenters. The fourth-order valence-corrected chi connectivity index (χ4v) is 1.90. The number of hydrogen-bond acceptors (Lipinski definition) is 0. The van der Waals surface area contributed by atoms with Crippen LogP contribution in [0.15, 0.2) is 0 Å². The maximum absolute atomic E-state index is 13.6. The summed E-state index contributed by atoms with van der Waals surface area (Å²) in [5.74, 6) is -0.0278. The van der Waals surface area contributed by atoms with E-state index in [0.29, 0.717) is 0 Å². The Balaban J connectivity index is 3.56. The summed E-state index contributed by atoms with van der Waals surface area (Å²) in [4.78, 5) is 0. The minimum absolute atomic E-state index is 0.0278. The van der Waals surface area contributed by atoms with Crippen LogP contribution >= 0.6 is 0 Å². The molecule has 1 heteroatoms. The average molecular weight is 180 g/mol. The molecule has 0 unspecified atom stereocenters. The first-order valence-electron chi connectivity index (χ1n) is 4.75. The van der Waals surface area contributed by atoms with Gasteiger partial charge in [0.2, 0.25) is 0 Å². The molecule has 0 radical (unpaired) electrons. The summed E-state index contributed by atoms with van der Waals surface area (Å²) >= 11 is 0. The molecule has 0 spiro atoms. The third kappa shape index (κ3) is 1.48. The zero-order valence-electron chi connectivity index (χ0n) is 9.09. The van der Waals surface area contributed by atoms with Gasteiger partial charge >= 0.3 is 0 Å². The van der Waals surface area contributed by atoms with E-state index < -0.39 is 0 Å². The van der Waals surface area contributed by atoms with Gasteiger partial charge in [-0.15, -0.1) is 0 Å². The number of hydrogen-bond donors (Lipinski definition) is 0. The van der Waals surface area contributed by atoms with E-state index in [2.05, 4.69) is 13.8 Å². The first-order valence-corrected chi connectivity index (χ1v) is 4.75. The minimum Gasteiger partial charge on any atom is -0.206 e. The topological polar surface area (TPSA) is 0 Å². The van der Waals surface area contributed by atoms with Gasteiger partial charge in [0.15, 0.2) is 0 Å². The third-order valence-corrected chi connectivity index (χ3v) is 3.04. The summed E-state index contributed by atoms with van der Waals surface area (Å²) in [7, 11) is 0. The first kappa shape index (κ1) is 10.2. The molecule has 0 nitrogen and oxygen atoms in total. The lowest BCUT2D eigenvalue weighted by atomic mass is 9.92. The monoisotopic (exact) mass is 180 g/mol. The Morgan fingerprint density at radius 3 is 1.85 bits per heavy atom. The largest absolute Gasteiger partial charge is 0.206 e. The Morgan fingerprint density at radius 1 is 0.846 bits per heavy atom. The van der Waals surface area contributed by atoms with Gasteiger partial charge in [0.1, 0.15) is 5.82 Å². The minimum atomic E-state index is -0.0278. The van der Waals surface area contributed by atoms with E-state index in [-0.39, 0.29) is 5.82 Å². The van der Waals surface area contributed by atoms with Gasteiger partial charge in [-0.05, 0) is 61.9 Å². The molecule has 0 saturated carbocycles. The van der Waals surface area contributed by atoms with Gasteiger partial charge in [-0.25, -0.2) is 4.39 Å². The van der Waals surface area contributed by atoms with E-state index in [0.717, 1.165) is 23.1 Å². The van der Waals surface area contributed by atoms with Crippen molar-refractivity contribution in [3.63, 3.8) is 0 Å². The highest BCUT2D eigenvalue weighted by molar-refractivity contribution is 5.44. The molecule has 13 heavy (non-hydrogen) atoms. The Kier molecular flexibility index (Phi) is 2.74. The van der Waals surface area contributed by atoms with Crippen LogP contribution in [-0.4, -0.2) is 0 Å². The Labute approximate surface area is 79.8 Å². The molecular formula is C12H17F. The molecule has 0 aliphatic rings. The fourth-order valence-electron chi connectivity index (χ4n) is 1.90. The van der Waals surface area contributed by atoms with Crippen molar-refractivity contribution in [1.29, 1.82) is 0 Å². The molecule has 0 aliphatic carbocycles. The van der Waals surface area contributed by atoms with E-state index in [1.165, 1.54) is 11.1 Å². The first-order chi connectivity index (χ1) is 6.00. The molecule has 0 fully saturated rings. The van der Waals surface area contributed by atoms with Gasteiger partial charge in [0, 0.05) is 0 Å². The molecule has 1 aromatic rings. The molecule has 0 saturated heterocycles. The van der Waals surface area contributed by atoms with Crippen LogP contribution in [0.1, 0.15) is 34.7 Å². The van der Waals surface area contributed by atoms with Crippen molar-refractivity contribution >= 4 is 0 Å². The second-order valence-corrected chi connectivity index (χ2v) is 3.65.